The highest BCUT2D eigenvalue weighted by Crippen LogP contribution is 2.02. The molecule has 1 saturated heterocycles. The maximum Gasteiger partial charge on any atom is 0.246 e. The third kappa shape index (κ3) is 0.980. The Morgan fingerprint density at radius 1 is 1.75 bits per heavy atom. The molecule has 8 heavy (non-hydrogen) atoms. The summed E-state index contributed by atoms with van der Waals surface area (Å²) in [6.07, 6.45) is 0.932. The van der Waals surface area contributed by atoms with Crippen LogP contribution in [0.3, 0.4) is 0 Å². The second-order valence-corrected chi connectivity index (χ2v) is 1.68. The van der Waals surface area contributed by atoms with Gasteiger partial charge in [0.05, 0.1) is 13.2 Å². The highest BCUT2D eigenvalue weighted by Gasteiger charge is 2.14. The summed E-state index contributed by atoms with van der Waals surface area (Å²) in [5, 5.41) is 1.28. The molecule has 1 rings (SSSR count). The van der Waals surface area contributed by atoms with Crippen molar-refractivity contribution in [3.8, 4) is 0 Å². The highest BCUT2D eigenvalue weighted by molar-refractivity contribution is 5.79. The normalized spacial score (nSPS) is 19.4. The van der Waals surface area contributed by atoms with Crippen molar-refractivity contribution in [1.82, 2.24) is 5.06 Å². The minimum absolute atomic E-state index is 0.248. The minimum atomic E-state index is -0.248. The van der Waals surface area contributed by atoms with Crippen LogP contribution in [0.1, 0.15) is 6.42 Å². The van der Waals surface area contributed by atoms with Crippen LogP contribution in [-0.2, 0) is 9.63 Å². The quantitative estimate of drug-likeness (QED) is 0.443. The maximum atomic E-state index is 10.3. The standard InChI is InChI=1S/C5H8NO2/c1-5(7)6-3-2-4-8-6/h1-4H2. The summed E-state index contributed by atoms with van der Waals surface area (Å²) in [6, 6.07) is 0. The number of hydrogen-bond acceptors (Lipinski definition) is 2. The number of carbonyl (C=O) groups is 1. The molecule has 1 radical (unpaired) electrons. The van der Waals surface area contributed by atoms with Gasteiger partial charge in [-0.3, -0.25) is 9.63 Å². The first-order chi connectivity index (χ1) is 3.80. The Kier molecular flexibility index (Phi) is 1.48. The molecule has 1 aliphatic heterocycles. The van der Waals surface area contributed by atoms with E-state index in [4.69, 9.17) is 4.84 Å². The molecule has 0 aliphatic carbocycles. The number of hydroxylamine groups is 2. The van der Waals surface area contributed by atoms with Gasteiger partial charge in [-0.15, -0.1) is 0 Å². The van der Waals surface area contributed by atoms with E-state index in [0.717, 1.165) is 6.42 Å². The molecular formula is C5H8NO2. The molecular weight excluding hydrogens is 106 g/mol. The van der Waals surface area contributed by atoms with E-state index in [-0.39, 0.29) is 5.91 Å². The molecule has 0 atom stereocenters. The van der Waals surface area contributed by atoms with E-state index in [0.29, 0.717) is 13.2 Å². The number of carbonyl (C=O) groups excluding carboxylic acids is 1. The van der Waals surface area contributed by atoms with Gasteiger partial charge in [-0.2, -0.15) is 0 Å². The predicted octanol–water partition coefficient (Wildman–Crippen LogP) is -0.0156. The monoisotopic (exact) mass is 114 g/mol. The molecule has 1 heterocycles. The third-order valence-electron chi connectivity index (χ3n) is 1.03. The second kappa shape index (κ2) is 2.13. The van der Waals surface area contributed by atoms with Crippen LogP contribution in [0.15, 0.2) is 0 Å². The van der Waals surface area contributed by atoms with Crippen molar-refractivity contribution in [3.05, 3.63) is 6.92 Å². The summed E-state index contributed by atoms with van der Waals surface area (Å²) in [6.45, 7) is 4.53. The SMILES string of the molecule is [CH2]C(=O)N1CCCO1. The topological polar surface area (TPSA) is 29.5 Å². The number of amides is 1. The highest BCUT2D eigenvalue weighted by atomic mass is 16.7. The lowest BCUT2D eigenvalue weighted by Gasteiger charge is -2.08. The van der Waals surface area contributed by atoms with Crippen LogP contribution in [0.5, 0.6) is 0 Å². The Morgan fingerprint density at radius 3 is 2.75 bits per heavy atom. The molecule has 0 spiro atoms. The van der Waals surface area contributed by atoms with Gasteiger partial charge >= 0.3 is 0 Å². The molecule has 0 saturated carbocycles. The molecule has 1 amide bonds. The zero-order chi connectivity index (χ0) is 5.98. The van der Waals surface area contributed by atoms with Gasteiger partial charge in [0.1, 0.15) is 0 Å². The summed E-state index contributed by atoms with van der Waals surface area (Å²) in [5.41, 5.74) is 0. The van der Waals surface area contributed by atoms with E-state index >= 15 is 0 Å². The summed E-state index contributed by atoms with van der Waals surface area (Å²) in [4.78, 5) is 15.2. The Bertz CT molecular complexity index is 96.6. The van der Waals surface area contributed by atoms with Crippen molar-refractivity contribution in [2.75, 3.05) is 13.2 Å². The second-order valence-electron chi connectivity index (χ2n) is 1.68. The largest absolute Gasteiger partial charge is 0.273 e. The molecule has 0 bridgehead atoms. The molecule has 3 nitrogen and oxygen atoms in total. The predicted molar refractivity (Wildman–Crippen MR) is 27.6 cm³/mol. The number of rotatable bonds is 0. The van der Waals surface area contributed by atoms with E-state index in [9.17, 15) is 4.79 Å². The van der Waals surface area contributed by atoms with Gasteiger partial charge in [0.2, 0.25) is 5.91 Å². The van der Waals surface area contributed by atoms with Crippen LogP contribution in [0, 0.1) is 6.92 Å². The average molecular weight is 114 g/mol. The van der Waals surface area contributed by atoms with Crippen molar-refractivity contribution >= 4 is 5.91 Å². The Balaban J connectivity index is 2.35. The van der Waals surface area contributed by atoms with Crippen molar-refractivity contribution < 1.29 is 9.63 Å². The summed E-state index contributed by atoms with van der Waals surface area (Å²) in [5.74, 6) is -0.248. The third-order valence-corrected chi connectivity index (χ3v) is 1.03. The summed E-state index contributed by atoms with van der Waals surface area (Å²) < 4.78 is 0. The van der Waals surface area contributed by atoms with E-state index in [2.05, 4.69) is 6.92 Å². The van der Waals surface area contributed by atoms with Gasteiger partial charge in [-0.05, 0) is 6.42 Å². The zero-order valence-corrected chi connectivity index (χ0v) is 4.59. The fourth-order valence-electron chi connectivity index (χ4n) is 0.644. The molecule has 0 unspecified atom stereocenters. The van der Waals surface area contributed by atoms with Gasteiger partial charge in [-0.25, -0.2) is 5.06 Å². The van der Waals surface area contributed by atoms with Gasteiger partial charge in [0.25, 0.3) is 0 Å². The zero-order valence-electron chi connectivity index (χ0n) is 4.59. The van der Waals surface area contributed by atoms with Gasteiger partial charge in [0.15, 0.2) is 0 Å². The van der Waals surface area contributed by atoms with E-state index < -0.39 is 0 Å². The van der Waals surface area contributed by atoms with Crippen LogP contribution in [0.4, 0.5) is 0 Å². The lowest BCUT2D eigenvalue weighted by Crippen LogP contribution is -2.23. The molecule has 0 N–H and O–H groups in total. The van der Waals surface area contributed by atoms with Crippen molar-refractivity contribution in [2.45, 2.75) is 6.42 Å². The lowest BCUT2D eigenvalue weighted by atomic mass is 10.5. The van der Waals surface area contributed by atoms with Crippen molar-refractivity contribution in [1.29, 1.82) is 0 Å². The van der Waals surface area contributed by atoms with Crippen LogP contribution >= 0.6 is 0 Å². The molecule has 1 fully saturated rings. The van der Waals surface area contributed by atoms with Crippen LogP contribution < -0.4 is 0 Å². The molecule has 1 aliphatic rings. The average Bonchev–Trinajstić information content (AvgIpc) is 2.12. The van der Waals surface area contributed by atoms with Gasteiger partial charge < -0.3 is 0 Å². The molecule has 45 valence electrons. The smallest absolute Gasteiger partial charge is 0.246 e. The summed E-state index contributed by atoms with van der Waals surface area (Å²) in [7, 11) is 0. The number of nitrogens with zero attached hydrogens (tertiary/aromatic N) is 1. The first kappa shape index (κ1) is 5.56. The lowest BCUT2D eigenvalue weighted by molar-refractivity contribution is -0.163. The van der Waals surface area contributed by atoms with Crippen molar-refractivity contribution in [2.24, 2.45) is 0 Å². The van der Waals surface area contributed by atoms with Crippen LogP contribution in [0.2, 0.25) is 0 Å². The minimum Gasteiger partial charge on any atom is -0.273 e. The summed E-state index contributed by atoms with van der Waals surface area (Å²) >= 11 is 0. The van der Waals surface area contributed by atoms with E-state index in [1.54, 1.807) is 0 Å². The van der Waals surface area contributed by atoms with Crippen LogP contribution in [-0.4, -0.2) is 24.1 Å². The van der Waals surface area contributed by atoms with E-state index in [1.165, 1.54) is 5.06 Å². The van der Waals surface area contributed by atoms with Crippen LogP contribution in [0.25, 0.3) is 0 Å². The van der Waals surface area contributed by atoms with E-state index in [1.807, 2.05) is 0 Å². The Morgan fingerprint density at radius 2 is 2.50 bits per heavy atom. The molecule has 0 aromatic rings. The Labute approximate surface area is 48.2 Å². The maximum absolute atomic E-state index is 10.3. The van der Waals surface area contributed by atoms with Gasteiger partial charge in [-0.1, -0.05) is 0 Å². The first-order valence-electron chi connectivity index (χ1n) is 2.57. The fourth-order valence-corrected chi connectivity index (χ4v) is 0.644. The first-order valence-corrected chi connectivity index (χ1v) is 2.57. The fraction of sp³-hybridized carbons (Fsp3) is 0.600. The van der Waals surface area contributed by atoms with Gasteiger partial charge in [0, 0.05) is 6.92 Å². The molecule has 3 heteroatoms. The molecule has 0 aromatic heterocycles. The Hall–Kier alpha value is -0.570. The molecule has 0 aromatic carbocycles. The number of hydrogen-bond donors (Lipinski definition) is 0. The van der Waals surface area contributed by atoms with Crippen molar-refractivity contribution in [3.63, 3.8) is 0 Å².